The van der Waals surface area contributed by atoms with Crippen molar-refractivity contribution in [2.45, 2.75) is 44.6 Å². The summed E-state index contributed by atoms with van der Waals surface area (Å²) in [5, 5.41) is 8.99. The third-order valence-electron chi connectivity index (χ3n) is 5.95. The Labute approximate surface area is 196 Å². The van der Waals surface area contributed by atoms with Crippen LogP contribution in [-0.4, -0.2) is 41.7 Å². The summed E-state index contributed by atoms with van der Waals surface area (Å²) in [5.74, 6) is -0.738. The lowest BCUT2D eigenvalue weighted by atomic mass is 9.89. The van der Waals surface area contributed by atoms with E-state index in [1.165, 1.54) is 11.3 Å². The van der Waals surface area contributed by atoms with Crippen molar-refractivity contribution < 1.29 is 23.5 Å². The Morgan fingerprint density at radius 1 is 1.12 bits per heavy atom. The summed E-state index contributed by atoms with van der Waals surface area (Å²) < 4.78 is 10.6. The lowest BCUT2D eigenvalue weighted by molar-refractivity contribution is -0.152. The summed E-state index contributed by atoms with van der Waals surface area (Å²) >= 11 is 5.97. The zero-order chi connectivity index (χ0) is 23.2. The fraction of sp³-hybridized carbons (Fsp3) is 0.417. The summed E-state index contributed by atoms with van der Waals surface area (Å²) in [6.07, 6.45) is 6.88. The molecule has 1 saturated carbocycles. The number of nitrogens with zero attached hydrogens (tertiary/aromatic N) is 2. The molecule has 1 aliphatic carbocycles. The van der Waals surface area contributed by atoms with Crippen LogP contribution in [0.2, 0.25) is 5.02 Å². The van der Waals surface area contributed by atoms with Gasteiger partial charge in [-0.3, -0.25) is 14.4 Å². The molecular weight excluding hydrogens is 446 g/mol. The number of nitrogens with one attached hydrogen (secondary N) is 1. The van der Waals surface area contributed by atoms with Gasteiger partial charge in [-0.2, -0.15) is 5.10 Å². The number of rotatable bonds is 7. The average molecular weight is 472 g/mol. The lowest BCUT2D eigenvalue weighted by Crippen LogP contribution is -2.37. The average Bonchev–Trinajstić information content (AvgIpc) is 3.52. The van der Waals surface area contributed by atoms with E-state index in [1.54, 1.807) is 24.3 Å². The summed E-state index contributed by atoms with van der Waals surface area (Å²) in [6.45, 7) is -0.740. The number of ether oxygens (including phenoxy) is 1. The van der Waals surface area contributed by atoms with Crippen molar-refractivity contribution in [2.75, 3.05) is 13.2 Å². The van der Waals surface area contributed by atoms with Crippen LogP contribution in [0, 0.1) is 5.92 Å². The number of hydrogen-bond acceptors (Lipinski definition) is 6. The monoisotopic (exact) mass is 471 g/mol. The third kappa shape index (κ3) is 5.82. The van der Waals surface area contributed by atoms with Gasteiger partial charge in [-0.1, -0.05) is 43.0 Å². The molecule has 1 aromatic carbocycles. The standard InChI is InChI=1S/C24H26ClN3O5/c25-18-10-8-16(9-11-18)19-13-20(21-7-4-12-32-21)28(27-19)22(29)15-33-23(30)14-26-24(31)17-5-2-1-3-6-17/h4,7-12,17,20H,1-3,5-6,13-15H2,(H,26,31)/t20-/m0/s1. The number of amides is 2. The largest absolute Gasteiger partial charge is 0.467 e. The molecule has 0 bridgehead atoms. The predicted octanol–water partition coefficient (Wildman–Crippen LogP) is 3.85. The van der Waals surface area contributed by atoms with Gasteiger partial charge in [0.05, 0.1) is 12.0 Å². The molecule has 33 heavy (non-hydrogen) atoms. The van der Waals surface area contributed by atoms with Crippen LogP contribution in [0.5, 0.6) is 0 Å². The molecular formula is C24H26ClN3O5. The number of carbonyl (C=O) groups excluding carboxylic acids is 3. The van der Waals surface area contributed by atoms with E-state index in [0.29, 0.717) is 22.9 Å². The molecule has 4 rings (SSSR count). The molecule has 2 amide bonds. The maximum atomic E-state index is 12.9. The number of hydrogen-bond donors (Lipinski definition) is 1. The highest BCUT2D eigenvalue weighted by atomic mass is 35.5. The number of benzene rings is 1. The number of halogens is 1. The Morgan fingerprint density at radius 3 is 2.58 bits per heavy atom. The highest BCUT2D eigenvalue weighted by molar-refractivity contribution is 6.30. The van der Waals surface area contributed by atoms with Crippen molar-refractivity contribution in [3.05, 3.63) is 59.0 Å². The summed E-state index contributed by atoms with van der Waals surface area (Å²) in [6, 6.07) is 10.3. The smallest absolute Gasteiger partial charge is 0.325 e. The van der Waals surface area contributed by atoms with E-state index in [1.807, 2.05) is 12.1 Å². The van der Waals surface area contributed by atoms with Crippen LogP contribution < -0.4 is 5.32 Å². The molecule has 2 aliphatic rings. The predicted molar refractivity (Wildman–Crippen MR) is 121 cm³/mol. The van der Waals surface area contributed by atoms with E-state index in [0.717, 1.165) is 37.7 Å². The number of furan rings is 1. The van der Waals surface area contributed by atoms with Crippen LogP contribution in [0.25, 0.3) is 0 Å². The first kappa shape index (κ1) is 23.0. The number of esters is 1. The van der Waals surface area contributed by atoms with E-state index in [9.17, 15) is 14.4 Å². The molecule has 8 nitrogen and oxygen atoms in total. The molecule has 1 aliphatic heterocycles. The van der Waals surface area contributed by atoms with E-state index >= 15 is 0 Å². The second-order valence-electron chi connectivity index (χ2n) is 8.24. The van der Waals surface area contributed by atoms with Crippen LogP contribution in [0.3, 0.4) is 0 Å². The Morgan fingerprint density at radius 2 is 1.88 bits per heavy atom. The van der Waals surface area contributed by atoms with Crippen molar-refractivity contribution in [3.63, 3.8) is 0 Å². The minimum absolute atomic E-state index is 0.0486. The third-order valence-corrected chi connectivity index (χ3v) is 6.21. The van der Waals surface area contributed by atoms with Gasteiger partial charge in [-0.25, -0.2) is 5.01 Å². The van der Waals surface area contributed by atoms with Gasteiger partial charge >= 0.3 is 5.97 Å². The van der Waals surface area contributed by atoms with Gasteiger partial charge in [-0.05, 0) is 42.7 Å². The van der Waals surface area contributed by atoms with Gasteiger partial charge in [0.1, 0.15) is 18.3 Å². The van der Waals surface area contributed by atoms with Crippen molar-refractivity contribution in [3.8, 4) is 0 Å². The van der Waals surface area contributed by atoms with Gasteiger partial charge in [0.25, 0.3) is 5.91 Å². The maximum Gasteiger partial charge on any atom is 0.325 e. The van der Waals surface area contributed by atoms with Crippen LogP contribution in [-0.2, 0) is 19.1 Å². The van der Waals surface area contributed by atoms with Crippen LogP contribution >= 0.6 is 11.6 Å². The summed E-state index contributed by atoms with van der Waals surface area (Å²) in [5.41, 5.74) is 1.54. The van der Waals surface area contributed by atoms with Gasteiger partial charge in [-0.15, -0.1) is 0 Å². The molecule has 2 heterocycles. The highest BCUT2D eigenvalue weighted by Gasteiger charge is 2.35. The van der Waals surface area contributed by atoms with Gasteiger partial charge in [0.15, 0.2) is 6.61 Å². The molecule has 0 radical (unpaired) electrons. The Bertz CT molecular complexity index is 1010. The van der Waals surface area contributed by atoms with Crippen molar-refractivity contribution in [1.82, 2.24) is 10.3 Å². The first-order valence-electron chi connectivity index (χ1n) is 11.1. The highest BCUT2D eigenvalue weighted by Crippen LogP contribution is 2.33. The molecule has 1 N–H and O–H groups in total. The molecule has 0 spiro atoms. The normalized spacial score (nSPS) is 18.6. The van der Waals surface area contributed by atoms with E-state index in [2.05, 4.69) is 10.4 Å². The first-order valence-corrected chi connectivity index (χ1v) is 11.5. The topological polar surface area (TPSA) is 101 Å². The second-order valence-corrected chi connectivity index (χ2v) is 8.68. The fourth-order valence-corrected chi connectivity index (χ4v) is 4.31. The van der Waals surface area contributed by atoms with Crippen LogP contribution in [0.4, 0.5) is 0 Å². The van der Waals surface area contributed by atoms with E-state index in [-0.39, 0.29) is 18.4 Å². The minimum Gasteiger partial charge on any atom is -0.467 e. The van der Waals surface area contributed by atoms with Crippen molar-refractivity contribution >= 4 is 35.1 Å². The SMILES string of the molecule is O=C(CNC(=O)C1CCCCC1)OCC(=O)N1N=C(c2ccc(Cl)cc2)C[C@H]1c1ccco1. The lowest BCUT2D eigenvalue weighted by Gasteiger charge is -2.21. The molecule has 1 aromatic heterocycles. The van der Waals surface area contributed by atoms with Gasteiger partial charge in [0.2, 0.25) is 5.91 Å². The minimum atomic E-state index is -0.664. The van der Waals surface area contributed by atoms with E-state index in [4.69, 9.17) is 20.8 Å². The summed E-state index contributed by atoms with van der Waals surface area (Å²) in [7, 11) is 0. The maximum absolute atomic E-state index is 12.9. The van der Waals surface area contributed by atoms with Crippen LogP contribution in [0.15, 0.2) is 52.2 Å². The molecule has 1 fully saturated rings. The van der Waals surface area contributed by atoms with Crippen molar-refractivity contribution in [1.29, 1.82) is 0 Å². The first-order chi connectivity index (χ1) is 16.0. The molecule has 1 atom stereocenters. The quantitative estimate of drug-likeness (QED) is 0.618. The molecule has 2 aromatic rings. The Hall–Kier alpha value is -3.13. The molecule has 174 valence electrons. The van der Waals surface area contributed by atoms with Crippen molar-refractivity contribution in [2.24, 2.45) is 11.0 Å². The van der Waals surface area contributed by atoms with Crippen LogP contribution in [0.1, 0.15) is 55.9 Å². The van der Waals surface area contributed by atoms with Gasteiger partial charge < -0.3 is 14.5 Å². The second kappa shape index (κ2) is 10.7. The number of carbonyl (C=O) groups is 3. The van der Waals surface area contributed by atoms with E-state index < -0.39 is 24.5 Å². The zero-order valence-corrected chi connectivity index (χ0v) is 18.9. The zero-order valence-electron chi connectivity index (χ0n) is 18.2. The molecule has 0 unspecified atom stereocenters. The summed E-state index contributed by atoms with van der Waals surface area (Å²) in [4.78, 5) is 37.2. The Balaban J connectivity index is 1.34. The Kier molecular flexibility index (Phi) is 7.44. The molecule has 9 heteroatoms. The molecule has 0 saturated heterocycles. The number of hydrazone groups is 1. The fourth-order valence-electron chi connectivity index (χ4n) is 4.19. The van der Waals surface area contributed by atoms with Gasteiger partial charge in [0, 0.05) is 17.4 Å².